The molecular weight excluding hydrogens is 232 g/mol. The summed E-state index contributed by atoms with van der Waals surface area (Å²) in [6, 6.07) is 7.71. The minimum atomic E-state index is -0.545. The first-order chi connectivity index (χ1) is 8.66. The second-order valence-electron chi connectivity index (χ2n) is 4.46. The van der Waals surface area contributed by atoms with E-state index in [1.54, 1.807) is 18.2 Å². The Morgan fingerprint density at radius 1 is 1.33 bits per heavy atom. The van der Waals surface area contributed by atoms with Crippen LogP contribution in [0.2, 0.25) is 0 Å². The molecule has 1 unspecified atom stereocenters. The van der Waals surface area contributed by atoms with Crippen LogP contribution in [0.5, 0.6) is 0 Å². The van der Waals surface area contributed by atoms with E-state index in [1.807, 2.05) is 0 Å². The van der Waals surface area contributed by atoms with Gasteiger partial charge in [0.05, 0.1) is 0 Å². The van der Waals surface area contributed by atoms with E-state index in [0.717, 1.165) is 5.56 Å². The third-order valence-corrected chi connectivity index (χ3v) is 3.35. The zero-order valence-corrected chi connectivity index (χ0v) is 9.60. The smallest absolute Gasteiger partial charge is 0.255 e. The van der Waals surface area contributed by atoms with Crippen molar-refractivity contribution in [1.82, 2.24) is 10.2 Å². The quantitative estimate of drug-likeness (QED) is 0.719. The largest absolute Gasteiger partial charge is 0.322 e. The molecule has 1 aromatic carbocycles. The van der Waals surface area contributed by atoms with Gasteiger partial charge in [0.2, 0.25) is 11.8 Å². The minimum Gasteiger partial charge on any atom is -0.322 e. The van der Waals surface area contributed by atoms with Crippen molar-refractivity contribution in [3.05, 3.63) is 35.4 Å². The van der Waals surface area contributed by atoms with Crippen molar-refractivity contribution in [3.63, 3.8) is 0 Å². The van der Waals surface area contributed by atoms with Gasteiger partial charge in [-0.15, -0.1) is 0 Å². The molecule has 1 N–H and O–H groups in total. The lowest BCUT2D eigenvalue weighted by Crippen LogP contribution is -2.52. The van der Waals surface area contributed by atoms with E-state index in [2.05, 4.69) is 11.4 Å². The van der Waals surface area contributed by atoms with E-state index in [4.69, 9.17) is 0 Å². The van der Waals surface area contributed by atoms with Crippen molar-refractivity contribution < 1.29 is 14.4 Å². The summed E-state index contributed by atoms with van der Waals surface area (Å²) in [5.74, 6) is -0.810. The van der Waals surface area contributed by atoms with Crippen LogP contribution in [0, 0.1) is 6.07 Å². The molecule has 0 aromatic heterocycles. The lowest BCUT2D eigenvalue weighted by molar-refractivity contribution is -0.136. The van der Waals surface area contributed by atoms with Crippen molar-refractivity contribution in [2.24, 2.45) is 0 Å². The van der Waals surface area contributed by atoms with Gasteiger partial charge >= 0.3 is 0 Å². The number of amides is 3. The zero-order chi connectivity index (χ0) is 12.7. The molecule has 1 aromatic rings. The van der Waals surface area contributed by atoms with Crippen molar-refractivity contribution >= 4 is 17.7 Å². The molecule has 0 bridgehead atoms. The van der Waals surface area contributed by atoms with Gasteiger partial charge in [-0.1, -0.05) is 12.1 Å². The van der Waals surface area contributed by atoms with E-state index in [1.165, 1.54) is 4.90 Å². The van der Waals surface area contributed by atoms with Crippen LogP contribution in [0.25, 0.3) is 0 Å². The standard InChI is InChI=1S/C13H11N2O3/c16-11-6-5-10(12(17)14-11)15-7-8-3-1-2-4-9(8)13(15)18/h1-2,4,10H,5-7H2,(H,14,16,17). The fourth-order valence-electron chi connectivity index (χ4n) is 2.43. The summed E-state index contributed by atoms with van der Waals surface area (Å²) < 4.78 is 0. The Kier molecular flexibility index (Phi) is 2.40. The molecule has 3 amide bonds. The number of benzene rings is 1. The molecule has 1 saturated heterocycles. The summed E-state index contributed by atoms with van der Waals surface area (Å²) >= 11 is 0. The second kappa shape index (κ2) is 3.94. The van der Waals surface area contributed by atoms with Crippen molar-refractivity contribution in [1.29, 1.82) is 0 Å². The summed E-state index contributed by atoms with van der Waals surface area (Å²) in [6.07, 6.45) is 0.671. The van der Waals surface area contributed by atoms with Crippen molar-refractivity contribution in [3.8, 4) is 0 Å². The molecule has 2 aliphatic heterocycles. The van der Waals surface area contributed by atoms with Gasteiger partial charge in [-0.05, 0) is 24.1 Å². The number of nitrogens with zero attached hydrogens (tertiary/aromatic N) is 1. The molecule has 1 fully saturated rings. The fraction of sp³-hybridized carbons (Fsp3) is 0.308. The van der Waals surface area contributed by atoms with Crippen LogP contribution in [0.15, 0.2) is 18.2 Å². The number of carbonyl (C=O) groups is 3. The number of nitrogens with one attached hydrogen (secondary N) is 1. The molecule has 5 nitrogen and oxygen atoms in total. The van der Waals surface area contributed by atoms with Crippen LogP contribution in [0.3, 0.4) is 0 Å². The molecule has 0 aliphatic carbocycles. The van der Waals surface area contributed by atoms with E-state index < -0.39 is 6.04 Å². The molecule has 3 rings (SSSR count). The first kappa shape index (κ1) is 11.0. The molecule has 2 aliphatic rings. The van der Waals surface area contributed by atoms with Crippen molar-refractivity contribution in [2.45, 2.75) is 25.4 Å². The number of carbonyl (C=O) groups excluding carboxylic acids is 3. The Bertz CT molecular complexity index is 553. The third-order valence-electron chi connectivity index (χ3n) is 3.35. The van der Waals surface area contributed by atoms with Gasteiger partial charge in [-0.2, -0.15) is 0 Å². The monoisotopic (exact) mass is 243 g/mol. The second-order valence-corrected chi connectivity index (χ2v) is 4.46. The SMILES string of the molecule is O=C1CCC(N2Cc3[c]cccc3C2=O)C(=O)N1. The highest BCUT2D eigenvalue weighted by Gasteiger charge is 2.38. The van der Waals surface area contributed by atoms with Gasteiger partial charge in [0.15, 0.2) is 0 Å². The Hall–Kier alpha value is -2.17. The summed E-state index contributed by atoms with van der Waals surface area (Å²) in [5.41, 5.74) is 1.41. The van der Waals surface area contributed by atoms with Gasteiger partial charge in [-0.3, -0.25) is 19.7 Å². The van der Waals surface area contributed by atoms with Crippen LogP contribution >= 0.6 is 0 Å². The van der Waals surface area contributed by atoms with Gasteiger partial charge in [0.1, 0.15) is 6.04 Å². The fourth-order valence-corrected chi connectivity index (χ4v) is 2.43. The molecule has 0 saturated carbocycles. The number of imide groups is 1. The maximum Gasteiger partial charge on any atom is 0.255 e. The molecule has 5 heteroatoms. The molecule has 2 heterocycles. The van der Waals surface area contributed by atoms with Crippen LogP contribution < -0.4 is 5.32 Å². The zero-order valence-electron chi connectivity index (χ0n) is 9.60. The number of rotatable bonds is 1. The van der Waals surface area contributed by atoms with E-state index in [-0.39, 0.29) is 24.1 Å². The van der Waals surface area contributed by atoms with E-state index >= 15 is 0 Å². The highest BCUT2D eigenvalue weighted by atomic mass is 16.2. The van der Waals surface area contributed by atoms with Gasteiger partial charge in [0, 0.05) is 18.5 Å². The first-order valence-electron chi connectivity index (χ1n) is 5.81. The minimum absolute atomic E-state index is 0.156. The Labute approximate surface area is 104 Å². The molecular formula is C13H11N2O3. The summed E-state index contributed by atoms with van der Waals surface area (Å²) in [7, 11) is 0. The summed E-state index contributed by atoms with van der Waals surface area (Å²) in [4.78, 5) is 36.5. The molecule has 0 spiro atoms. The first-order valence-corrected chi connectivity index (χ1v) is 5.81. The number of hydrogen-bond donors (Lipinski definition) is 1. The predicted molar refractivity (Wildman–Crippen MR) is 61.3 cm³/mol. The lowest BCUT2D eigenvalue weighted by Gasteiger charge is -2.29. The van der Waals surface area contributed by atoms with Crippen LogP contribution in [-0.4, -0.2) is 28.7 Å². The van der Waals surface area contributed by atoms with Crippen LogP contribution in [0.4, 0.5) is 0 Å². The molecule has 91 valence electrons. The van der Waals surface area contributed by atoms with E-state index in [0.29, 0.717) is 18.5 Å². The van der Waals surface area contributed by atoms with Gasteiger partial charge in [-0.25, -0.2) is 0 Å². The average molecular weight is 243 g/mol. The normalized spacial score (nSPS) is 23.0. The average Bonchev–Trinajstić information content (AvgIpc) is 2.68. The summed E-state index contributed by atoms with van der Waals surface area (Å²) in [5, 5.41) is 2.27. The van der Waals surface area contributed by atoms with E-state index in [9.17, 15) is 14.4 Å². The topological polar surface area (TPSA) is 66.5 Å². The highest BCUT2D eigenvalue weighted by molar-refractivity contribution is 6.05. The highest BCUT2D eigenvalue weighted by Crippen LogP contribution is 2.26. The van der Waals surface area contributed by atoms with Gasteiger partial charge in [0.25, 0.3) is 5.91 Å². The van der Waals surface area contributed by atoms with Crippen molar-refractivity contribution in [2.75, 3.05) is 0 Å². The predicted octanol–water partition coefficient (Wildman–Crippen LogP) is 0.248. The number of fused-ring (bicyclic) bond motifs is 1. The number of piperidine rings is 1. The third kappa shape index (κ3) is 1.59. The Morgan fingerprint density at radius 3 is 2.89 bits per heavy atom. The molecule has 1 atom stereocenters. The Morgan fingerprint density at radius 2 is 2.17 bits per heavy atom. The molecule has 1 radical (unpaired) electrons. The lowest BCUT2D eigenvalue weighted by atomic mass is 10.0. The van der Waals surface area contributed by atoms with Gasteiger partial charge < -0.3 is 4.90 Å². The maximum atomic E-state index is 12.2. The summed E-state index contributed by atoms with van der Waals surface area (Å²) in [6.45, 7) is 0.390. The Balaban J connectivity index is 1.86. The van der Waals surface area contributed by atoms with Crippen LogP contribution in [0.1, 0.15) is 28.8 Å². The molecule has 18 heavy (non-hydrogen) atoms. The maximum absolute atomic E-state index is 12.2. The van der Waals surface area contributed by atoms with Crippen LogP contribution in [-0.2, 0) is 16.1 Å². The number of hydrogen-bond acceptors (Lipinski definition) is 3.